The predicted molar refractivity (Wildman–Crippen MR) is 79.6 cm³/mol. The van der Waals surface area contributed by atoms with Gasteiger partial charge >= 0.3 is 5.84 Å². The van der Waals surface area contributed by atoms with Gasteiger partial charge in [-0.15, -0.1) is 0 Å². The molecule has 6 nitrogen and oxygen atoms in total. The van der Waals surface area contributed by atoms with Crippen molar-refractivity contribution in [3.8, 4) is 0 Å². The van der Waals surface area contributed by atoms with Crippen LogP contribution in [0.2, 0.25) is 5.02 Å². The number of hydrogen-bond acceptors (Lipinski definition) is 5. The number of halogens is 2. The number of ketones is 1. The van der Waals surface area contributed by atoms with Crippen LogP contribution in [0.15, 0.2) is 34.3 Å². The standard InChI is InChI=1S/C12H9BrClN3O3/c1-7-15-11(17(19)20)12(13,16-7)6-10(18)8-3-2-4-9(14)5-8/h2-5H,6H2,1H3. The number of aliphatic imine (C=N–C) groups is 2. The first-order valence-corrected chi connectivity index (χ1v) is 6.76. The fourth-order valence-electron chi connectivity index (χ4n) is 1.85. The minimum atomic E-state index is -1.42. The Labute approximate surface area is 127 Å². The molecule has 0 spiro atoms. The Balaban J connectivity index is 2.27. The van der Waals surface area contributed by atoms with Crippen molar-refractivity contribution in [3.63, 3.8) is 0 Å². The van der Waals surface area contributed by atoms with Crippen LogP contribution < -0.4 is 0 Å². The number of nitrogens with zero attached hydrogens (tertiary/aromatic N) is 3. The van der Waals surface area contributed by atoms with Crippen molar-refractivity contribution in [2.45, 2.75) is 17.8 Å². The number of Topliss-reactive ketones (excluding diaryl/α,β-unsaturated/α-hetero) is 1. The second-order valence-electron chi connectivity index (χ2n) is 4.22. The normalized spacial score (nSPS) is 21.4. The molecule has 2 rings (SSSR count). The lowest BCUT2D eigenvalue weighted by Crippen LogP contribution is -2.35. The van der Waals surface area contributed by atoms with Gasteiger partial charge in [0.15, 0.2) is 5.78 Å². The van der Waals surface area contributed by atoms with Gasteiger partial charge in [-0.3, -0.25) is 4.79 Å². The lowest BCUT2D eigenvalue weighted by molar-refractivity contribution is -0.354. The van der Waals surface area contributed by atoms with E-state index < -0.39 is 9.37 Å². The molecule has 1 atom stereocenters. The van der Waals surface area contributed by atoms with Crippen LogP contribution in [-0.2, 0) is 0 Å². The van der Waals surface area contributed by atoms with Crippen LogP contribution in [-0.4, -0.2) is 26.8 Å². The van der Waals surface area contributed by atoms with Crippen LogP contribution in [0.4, 0.5) is 0 Å². The summed E-state index contributed by atoms with van der Waals surface area (Å²) in [5.74, 6) is -0.435. The maximum atomic E-state index is 12.2. The molecule has 0 aliphatic carbocycles. The molecule has 8 heteroatoms. The van der Waals surface area contributed by atoms with E-state index in [4.69, 9.17) is 11.6 Å². The first kappa shape index (κ1) is 14.8. The smallest absolute Gasteiger partial charge is 0.358 e. The first-order valence-electron chi connectivity index (χ1n) is 5.59. The highest BCUT2D eigenvalue weighted by molar-refractivity contribution is 9.10. The molecular formula is C12H9BrClN3O3. The number of carbonyl (C=O) groups excluding carboxylic acids is 1. The van der Waals surface area contributed by atoms with Crippen molar-refractivity contribution in [1.82, 2.24) is 0 Å². The third-order valence-corrected chi connectivity index (χ3v) is 3.71. The van der Waals surface area contributed by atoms with Gasteiger partial charge in [0.1, 0.15) is 0 Å². The molecule has 0 fully saturated rings. The zero-order chi connectivity index (χ0) is 14.9. The largest absolute Gasteiger partial charge is 0.380 e. The summed E-state index contributed by atoms with van der Waals surface area (Å²) < 4.78 is -1.42. The summed E-state index contributed by atoms with van der Waals surface area (Å²) in [5, 5.41) is 11.4. The van der Waals surface area contributed by atoms with Crippen LogP contribution in [0.3, 0.4) is 0 Å². The van der Waals surface area contributed by atoms with E-state index in [9.17, 15) is 14.9 Å². The van der Waals surface area contributed by atoms with Crippen molar-refractivity contribution in [2.75, 3.05) is 0 Å². The summed E-state index contributed by atoms with van der Waals surface area (Å²) in [5.41, 5.74) is 0.374. The Morgan fingerprint density at radius 3 is 2.85 bits per heavy atom. The number of carbonyl (C=O) groups is 1. The number of rotatable bonds is 3. The van der Waals surface area contributed by atoms with E-state index in [2.05, 4.69) is 25.9 Å². The Kier molecular flexibility index (Phi) is 4.01. The molecule has 1 aliphatic heterocycles. The van der Waals surface area contributed by atoms with Crippen molar-refractivity contribution < 1.29 is 9.72 Å². The van der Waals surface area contributed by atoms with Gasteiger partial charge in [0, 0.05) is 17.5 Å². The summed E-state index contributed by atoms with van der Waals surface area (Å²) in [7, 11) is 0. The molecule has 0 radical (unpaired) electrons. The average Bonchev–Trinajstić information content (AvgIpc) is 2.64. The molecule has 1 heterocycles. The number of benzene rings is 1. The molecular weight excluding hydrogens is 350 g/mol. The zero-order valence-electron chi connectivity index (χ0n) is 10.3. The van der Waals surface area contributed by atoms with Crippen LogP contribution >= 0.6 is 27.5 Å². The Hall–Kier alpha value is -1.60. The van der Waals surface area contributed by atoms with Crippen molar-refractivity contribution in [1.29, 1.82) is 0 Å². The monoisotopic (exact) mass is 357 g/mol. The van der Waals surface area contributed by atoms with Gasteiger partial charge in [-0.1, -0.05) is 23.7 Å². The maximum Gasteiger partial charge on any atom is 0.380 e. The van der Waals surface area contributed by atoms with E-state index in [1.54, 1.807) is 18.2 Å². The minimum absolute atomic E-state index is 0.204. The molecule has 1 aliphatic rings. The molecule has 0 bridgehead atoms. The van der Waals surface area contributed by atoms with E-state index in [1.807, 2.05) is 0 Å². The number of alkyl halides is 1. The highest BCUT2D eigenvalue weighted by Crippen LogP contribution is 2.33. The van der Waals surface area contributed by atoms with Gasteiger partial charge < -0.3 is 10.1 Å². The summed E-state index contributed by atoms with van der Waals surface area (Å²) in [6.45, 7) is 1.54. The van der Waals surface area contributed by atoms with Crippen LogP contribution in [0.1, 0.15) is 23.7 Å². The zero-order valence-corrected chi connectivity index (χ0v) is 12.7. The highest BCUT2D eigenvalue weighted by atomic mass is 79.9. The maximum absolute atomic E-state index is 12.2. The second-order valence-corrected chi connectivity index (χ2v) is 5.97. The molecule has 0 saturated heterocycles. The van der Waals surface area contributed by atoms with Crippen LogP contribution in [0, 0.1) is 10.1 Å². The molecule has 20 heavy (non-hydrogen) atoms. The molecule has 0 N–H and O–H groups in total. The van der Waals surface area contributed by atoms with Crippen molar-refractivity contribution in [2.24, 2.45) is 9.98 Å². The van der Waals surface area contributed by atoms with Gasteiger partial charge in [-0.25, -0.2) is 4.99 Å². The molecule has 1 aromatic carbocycles. The highest BCUT2D eigenvalue weighted by Gasteiger charge is 2.48. The third-order valence-electron chi connectivity index (χ3n) is 2.66. The van der Waals surface area contributed by atoms with Crippen molar-refractivity contribution in [3.05, 3.63) is 45.0 Å². The molecule has 0 saturated carbocycles. The molecule has 0 amide bonds. The summed E-state index contributed by atoms with van der Waals surface area (Å²) >= 11 is 8.98. The summed E-state index contributed by atoms with van der Waals surface area (Å²) in [6.07, 6.45) is -0.204. The number of hydrogen-bond donors (Lipinski definition) is 0. The van der Waals surface area contributed by atoms with Crippen LogP contribution in [0.25, 0.3) is 0 Å². The predicted octanol–water partition coefficient (Wildman–Crippen LogP) is 3.11. The van der Waals surface area contributed by atoms with E-state index >= 15 is 0 Å². The molecule has 1 unspecified atom stereocenters. The average molecular weight is 359 g/mol. The molecule has 0 aromatic heterocycles. The van der Waals surface area contributed by atoms with Gasteiger partial charge in [0.25, 0.3) is 0 Å². The lowest BCUT2D eigenvalue weighted by Gasteiger charge is -2.14. The summed E-state index contributed by atoms with van der Waals surface area (Å²) in [6, 6.07) is 6.39. The molecule has 104 valence electrons. The Morgan fingerprint density at radius 2 is 2.25 bits per heavy atom. The Bertz CT molecular complexity index is 659. The SMILES string of the molecule is CC1=NC(Br)(CC(=O)c2cccc(Cl)c2)C([N+](=O)[O-])=N1. The topological polar surface area (TPSA) is 84.9 Å². The second kappa shape index (κ2) is 5.41. The van der Waals surface area contributed by atoms with Crippen LogP contribution in [0.5, 0.6) is 0 Å². The first-order chi connectivity index (χ1) is 9.32. The van der Waals surface area contributed by atoms with E-state index in [1.165, 1.54) is 13.0 Å². The quantitative estimate of drug-likeness (QED) is 0.273. The molecule has 1 aromatic rings. The lowest BCUT2D eigenvalue weighted by atomic mass is 10.0. The van der Waals surface area contributed by atoms with Crippen molar-refractivity contribution >= 4 is 45.0 Å². The summed E-state index contributed by atoms with van der Waals surface area (Å²) in [4.78, 5) is 30.3. The van der Waals surface area contributed by atoms with E-state index in [0.29, 0.717) is 10.6 Å². The van der Waals surface area contributed by atoms with E-state index in [-0.39, 0.29) is 23.9 Å². The van der Waals surface area contributed by atoms with Gasteiger partial charge in [0.2, 0.25) is 10.3 Å². The Morgan fingerprint density at radius 1 is 1.55 bits per heavy atom. The minimum Gasteiger partial charge on any atom is -0.358 e. The number of amidine groups is 2. The fourth-order valence-corrected chi connectivity index (χ4v) is 2.78. The number of nitro groups is 1. The van der Waals surface area contributed by atoms with Gasteiger partial charge in [0.05, 0.1) is 6.42 Å². The van der Waals surface area contributed by atoms with Gasteiger partial charge in [-0.2, -0.15) is 0 Å². The van der Waals surface area contributed by atoms with Gasteiger partial charge in [-0.05, 0) is 38.0 Å². The third kappa shape index (κ3) is 2.94. The van der Waals surface area contributed by atoms with E-state index in [0.717, 1.165) is 0 Å². The fraction of sp³-hybridized carbons (Fsp3) is 0.250.